The number of rotatable bonds is 0. The molecule has 11 aromatic rings. The molecule has 414 valence electrons. The maximum atomic E-state index is 9.87. The van der Waals surface area contributed by atoms with Gasteiger partial charge in [-0.25, -0.2) is 9.97 Å². The minimum atomic E-state index is -10.7. The van der Waals surface area contributed by atoms with Crippen molar-refractivity contribution in [2.75, 3.05) is 0 Å². The first-order valence-electron chi connectivity index (χ1n) is 23.9. The van der Waals surface area contributed by atoms with Crippen LogP contribution < -0.4 is 0 Å². The van der Waals surface area contributed by atoms with Gasteiger partial charge in [-0.2, -0.15) is 0 Å². The Bertz CT molecular complexity index is 4160. The first kappa shape index (κ1) is 59.7. The van der Waals surface area contributed by atoms with Crippen molar-refractivity contribution in [3.05, 3.63) is 255 Å². The summed E-state index contributed by atoms with van der Waals surface area (Å²) in [6.45, 7) is 0. The van der Waals surface area contributed by atoms with Crippen molar-refractivity contribution in [3.8, 4) is 0 Å². The second-order valence-corrected chi connectivity index (χ2v) is 21.5. The summed E-state index contributed by atoms with van der Waals surface area (Å²) in [5.41, 5.74) is 5.83. The van der Waals surface area contributed by atoms with Gasteiger partial charge in [0.05, 0.1) is 44.1 Å². The Balaban J connectivity index is 0.000000536. The molecule has 0 radical (unpaired) electrons. The maximum Gasteiger partial charge on any atom is 2.00 e. The summed E-state index contributed by atoms with van der Waals surface area (Å²) in [5.74, 6) is 0. The second-order valence-electron chi connectivity index (χ2n) is 17.6. The van der Waals surface area contributed by atoms with Crippen LogP contribution in [0.3, 0.4) is 0 Å². The predicted octanol–water partition coefficient (Wildman–Crippen LogP) is 20.9. The number of hydrogen-bond donors (Lipinski definition) is 0. The summed E-state index contributed by atoms with van der Waals surface area (Å²) in [5, 5.41) is 11.1. The average molecular weight is 1210 g/mol. The first-order chi connectivity index (χ1) is 38.6. The van der Waals surface area contributed by atoms with Crippen LogP contribution in [0.4, 0.5) is 50.4 Å². The van der Waals surface area contributed by atoms with Crippen molar-refractivity contribution >= 4 is 124 Å². The van der Waals surface area contributed by atoms with Gasteiger partial charge in [-0.3, -0.25) is 19.9 Å². The van der Waals surface area contributed by atoms with Crippen LogP contribution in [0.25, 0.3) is 109 Å². The van der Waals surface area contributed by atoms with Gasteiger partial charge < -0.3 is 0 Å². The maximum absolute atomic E-state index is 10.7. The Kier molecular flexibility index (Phi) is 16.2. The molecule has 7 aromatic heterocycles. The molecule has 7 heterocycles. The quantitative estimate of drug-likeness (QED) is 0.0855. The van der Waals surface area contributed by atoms with E-state index in [1.54, 1.807) is 24.8 Å². The molecule has 0 unspecified atom stereocenters. The van der Waals surface area contributed by atoms with Gasteiger partial charge in [0.25, 0.3) is 0 Å². The number of pyridine rings is 6. The smallest absolute Gasteiger partial charge is 0.255 e. The van der Waals surface area contributed by atoms with Crippen LogP contribution in [0, 0.1) is 48.5 Å². The number of aromatic nitrogens is 6. The molecule has 0 spiro atoms. The molecule has 0 atom stereocenters. The summed E-state index contributed by atoms with van der Waals surface area (Å²) in [6.07, 6.45) is 7.23. The van der Waals surface area contributed by atoms with E-state index in [1.807, 2.05) is 158 Å². The number of fused-ring (bicyclic) bond motifs is 24. The normalized spacial score (nSPS) is 12.5. The zero-order valence-corrected chi connectivity index (χ0v) is 45.0. The summed E-state index contributed by atoms with van der Waals surface area (Å²) in [4.78, 5) is 29.1. The Morgan fingerprint density at radius 1 is 0.253 bits per heavy atom. The Labute approximate surface area is 474 Å². The molecule has 0 aliphatic heterocycles. The molecule has 21 heteroatoms. The van der Waals surface area contributed by atoms with Gasteiger partial charge in [0, 0.05) is 46.3 Å². The van der Waals surface area contributed by atoms with Gasteiger partial charge in [-0.15, -0.1) is 0 Å². The fraction of sp³-hybridized carbons (Fsp3) is 0. The van der Waals surface area contributed by atoms with Crippen LogP contribution in [0.1, 0.15) is 0 Å². The average Bonchev–Trinajstić information content (AvgIpc) is 3.59. The Hall–Kier alpha value is -9.44. The molecule has 83 heavy (non-hydrogen) atoms. The molecule has 6 nitrogen and oxygen atoms in total. The van der Waals surface area contributed by atoms with E-state index >= 15 is 0 Å². The van der Waals surface area contributed by atoms with Crippen molar-refractivity contribution in [1.82, 2.24) is 29.9 Å². The molecule has 4 aromatic carbocycles. The van der Waals surface area contributed by atoms with Gasteiger partial charge in [-0.05, 0) is 164 Å². The van der Waals surface area contributed by atoms with Crippen LogP contribution in [0.15, 0.2) is 207 Å². The molecule has 0 saturated heterocycles. The topological polar surface area (TPSA) is 77.3 Å². The van der Waals surface area contributed by atoms with Crippen LogP contribution in [0.5, 0.6) is 0 Å². The molecule has 11 rings (SSSR count). The van der Waals surface area contributed by atoms with Crippen LogP contribution in [-0.2, 0) is 17.1 Å². The van der Waals surface area contributed by atoms with E-state index in [2.05, 4.69) is 72.8 Å². The van der Waals surface area contributed by atoms with Gasteiger partial charge in [0.15, 0.2) is 0 Å². The van der Waals surface area contributed by atoms with Crippen LogP contribution in [-0.4, -0.2) is 29.9 Å². The van der Waals surface area contributed by atoms with Crippen molar-refractivity contribution in [3.63, 3.8) is 0 Å². The van der Waals surface area contributed by atoms with E-state index in [-0.39, 0.29) is 17.1 Å². The van der Waals surface area contributed by atoms with Crippen molar-refractivity contribution in [2.45, 2.75) is 0 Å². The van der Waals surface area contributed by atoms with Crippen LogP contribution in [0.2, 0.25) is 0 Å². The third kappa shape index (κ3) is 18.3. The van der Waals surface area contributed by atoms with Crippen LogP contribution >= 0.6 is 15.6 Å². The first-order valence-corrected chi connectivity index (χ1v) is 28.0. The zero-order chi connectivity index (χ0) is 58.3. The fourth-order valence-corrected chi connectivity index (χ4v) is 8.16. The Morgan fingerprint density at radius 2 is 0.458 bits per heavy atom. The largest absolute Gasteiger partial charge is 2.00 e. The summed E-state index contributed by atoms with van der Waals surface area (Å²) >= 11 is 0. The SMILES string of the molecule is F[P-](F)(F)(F)(F)F.F[P-](F)(F)(F)(F)F.[Fe+2].c1c#cc2ccccc2c2ccnc(c2)c2cccc(n2)c2cc(ccn2)c2ccccc2c#cc#cc2ccccc2c2ccnc(c2)c2cccc(n2)c2cc(ccn2)c2ccccc2c#1. The Morgan fingerprint density at radius 3 is 0.675 bits per heavy atom. The fourth-order valence-electron chi connectivity index (χ4n) is 8.16. The van der Waals surface area contributed by atoms with Crippen molar-refractivity contribution in [2.24, 2.45) is 0 Å². The van der Waals surface area contributed by atoms with Crippen molar-refractivity contribution < 1.29 is 67.4 Å². The molecule has 0 amide bonds. The third-order valence-corrected chi connectivity index (χ3v) is 11.5. The van der Waals surface area contributed by atoms with E-state index in [0.717, 1.165) is 109 Å². The molecule has 0 aliphatic rings. The predicted molar refractivity (Wildman–Crippen MR) is 303 cm³/mol. The van der Waals surface area contributed by atoms with E-state index in [9.17, 15) is 50.4 Å². The number of halogens is 12. The summed E-state index contributed by atoms with van der Waals surface area (Å²) in [7, 11) is -21.3. The van der Waals surface area contributed by atoms with Gasteiger partial charge in [-0.1, -0.05) is 109 Å². The summed E-state index contributed by atoms with van der Waals surface area (Å²) < 4.78 is 118. The summed E-state index contributed by atoms with van der Waals surface area (Å²) in [6, 6.07) is 86.1. The number of hydrogen-bond acceptors (Lipinski definition) is 6. The third-order valence-electron chi connectivity index (χ3n) is 11.5. The second kappa shape index (κ2) is 22.5. The molecular formula is C62H34F12FeN6P2. The molecule has 0 fully saturated rings. The molecule has 12 bridgehead atoms. The number of nitrogens with zero attached hydrogens (tertiary/aromatic N) is 6. The molecule has 0 saturated carbocycles. The van der Waals surface area contributed by atoms with E-state index < -0.39 is 15.6 Å². The zero-order valence-electron chi connectivity index (χ0n) is 42.1. The monoisotopic (exact) mass is 1210 g/mol. The minimum absolute atomic E-state index is 0. The standard InChI is InChI=1S/C62H34N6.2F6P.Fe/c1-2-16-44-20-6-10-24-52(44)48-32-36-64-60(40-48)56-28-14-30-58(68-56)62-42-50(34-38-66-62)54-26-12-8-22-46(54)18-4-3-17-45-21-7-11-25-53(45)49-33-37-65-61(41-49)57-29-13-27-55(67-57)59-39-47(31-35-63-59)51-23-9-5-19-43(51)15-1;2*1-7(2,3,4,5)6;/h5-14,19-42H;;;/q;2*-1;+2. The number of benzene rings is 4. The molecule has 0 aliphatic carbocycles. The van der Waals surface area contributed by atoms with Crippen molar-refractivity contribution in [1.29, 1.82) is 0 Å². The van der Waals surface area contributed by atoms with Gasteiger partial charge >= 0.3 is 83.0 Å². The van der Waals surface area contributed by atoms with E-state index in [0.29, 0.717) is 0 Å². The van der Waals surface area contributed by atoms with Gasteiger partial charge in [0.2, 0.25) is 0 Å². The van der Waals surface area contributed by atoms with E-state index in [1.165, 1.54) is 0 Å². The van der Waals surface area contributed by atoms with E-state index in [4.69, 9.17) is 29.9 Å². The minimum Gasteiger partial charge on any atom is -0.255 e. The molecule has 0 N–H and O–H groups in total. The molecular weight excluding hydrogens is 1170 g/mol. The van der Waals surface area contributed by atoms with Gasteiger partial charge in [0.1, 0.15) is 0 Å².